The molecule has 0 radical (unpaired) electrons. The lowest BCUT2D eigenvalue weighted by molar-refractivity contribution is 0.306. The number of aromatic nitrogens is 2. The molecule has 0 N–H and O–H groups in total. The van der Waals surface area contributed by atoms with Crippen molar-refractivity contribution < 1.29 is 9.47 Å². The van der Waals surface area contributed by atoms with E-state index in [1.54, 1.807) is 14.2 Å². The standard InChI is InChI=1S/C22H24N2O3/c1-5-17-13-18(27-14-16-9-7-6-8-10-16)11-12-19(17)20-21(26-4)15(2)23-24(3)22(20)25/h6-13H,5,14H2,1-4H3. The van der Waals surface area contributed by atoms with Crippen molar-refractivity contribution in [2.24, 2.45) is 7.05 Å². The van der Waals surface area contributed by atoms with Gasteiger partial charge < -0.3 is 9.47 Å². The number of ether oxygens (including phenoxy) is 2. The molecule has 0 bridgehead atoms. The fourth-order valence-electron chi connectivity index (χ4n) is 3.18. The lowest BCUT2D eigenvalue weighted by atomic mass is 9.97. The smallest absolute Gasteiger partial charge is 0.278 e. The number of benzene rings is 2. The van der Waals surface area contributed by atoms with Crippen LogP contribution in [0.1, 0.15) is 23.7 Å². The molecule has 2 aromatic carbocycles. The van der Waals surface area contributed by atoms with Crippen LogP contribution in [0.2, 0.25) is 0 Å². The third kappa shape index (κ3) is 3.87. The fraction of sp³-hybridized carbons (Fsp3) is 0.273. The Morgan fingerprint density at radius 3 is 2.52 bits per heavy atom. The summed E-state index contributed by atoms with van der Waals surface area (Å²) < 4.78 is 12.8. The van der Waals surface area contributed by atoms with Crippen molar-refractivity contribution in [3.8, 4) is 22.6 Å². The minimum absolute atomic E-state index is 0.176. The molecule has 3 rings (SSSR count). The molecule has 0 amide bonds. The van der Waals surface area contributed by atoms with Gasteiger partial charge in [0.2, 0.25) is 0 Å². The molecule has 0 aliphatic heterocycles. The van der Waals surface area contributed by atoms with E-state index in [0.717, 1.165) is 28.9 Å². The number of hydrogen-bond acceptors (Lipinski definition) is 4. The van der Waals surface area contributed by atoms with E-state index in [0.29, 0.717) is 23.6 Å². The number of methoxy groups -OCH3 is 1. The molecule has 0 saturated heterocycles. The minimum Gasteiger partial charge on any atom is -0.494 e. The highest BCUT2D eigenvalue weighted by Crippen LogP contribution is 2.33. The van der Waals surface area contributed by atoms with Crippen molar-refractivity contribution in [3.63, 3.8) is 0 Å². The molecule has 140 valence electrons. The summed E-state index contributed by atoms with van der Waals surface area (Å²) in [5.74, 6) is 1.30. The molecule has 3 aromatic rings. The zero-order chi connectivity index (χ0) is 19.4. The molecule has 0 aliphatic carbocycles. The second-order valence-electron chi connectivity index (χ2n) is 6.37. The van der Waals surface area contributed by atoms with Crippen LogP contribution in [-0.2, 0) is 20.1 Å². The van der Waals surface area contributed by atoms with E-state index in [2.05, 4.69) is 12.0 Å². The molecule has 1 heterocycles. The first kappa shape index (κ1) is 18.7. The zero-order valence-corrected chi connectivity index (χ0v) is 16.2. The van der Waals surface area contributed by atoms with Gasteiger partial charge in [0.1, 0.15) is 18.1 Å². The Bertz CT molecular complexity index is 994. The third-order valence-electron chi connectivity index (χ3n) is 4.54. The van der Waals surface area contributed by atoms with Crippen LogP contribution >= 0.6 is 0 Å². The molecule has 0 aliphatic rings. The highest BCUT2D eigenvalue weighted by molar-refractivity contribution is 5.74. The van der Waals surface area contributed by atoms with Gasteiger partial charge in [-0.25, -0.2) is 4.68 Å². The molecule has 0 unspecified atom stereocenters. The second kappa shape index (κ2) is 8.08. The van der Waals surface area contributed by atoms with Crippen molar-refractivity contribution in [1.29, 1.82) is 0 Å². The van der Waals surface area contributed by atoms with Gasteiger partial charge in [-0.05, 0) is 42.2 Å². The number of rotatable bonds is 6. The van der Waals surface area contributed by atoms with Crippen molar-refractivity contribution in [2.75, 3.05) is 7.11 Å². The molecule has 5 heteroatoms. The summed E-state index contributed by atoms with van der Waals surface area (Å²) in [5.41, 5.74) is 4.04. The van der Waals surface area contributed by atoms with Gasteiger partial charge in [0, 0.05) is 7.05 Å². The molecule has 0 saturated carbocycles. The maximum Gasteiger partial charge on any atom is 0.278 e. The summed E-state index contributed by atoms with van der Waals surface area (Å²) in [6, 6.07) is 15.8. The zero-order valence-electron chi connectivity index (χ0n) is 16.2. The van der Waals surface area contributed by atoms with Gasteiger partial charge in [0.15, 0.2) is 5.75 Å². The lowest BCUT2D eigenvalue weighted by Crippen LogP contribution is -2.23. The van der Waals surface area contributed by atoms with Crippen LogP contribution in [0.15, 0.2) is 53.3 Å². The first-order chi connectivity index (χ1) is 13.0. The van der Waals surface area contributed by atoms with Gasteiger partial charge in [-0.3, -0.25) is 4.79 Å². The summed E-state index contributed by atoms with van der Waals surface area (Å²) >= 11 is 0. The Morgan fingerprint density at radius 1 is 1.11 bits per heavy atom. The topological polar surface area (TPSA) is 53.4 Å². The Balaban J connectivity index is 2.00. The quantitative estimate of drug-likeness (QED) is 0.665. The summed E-state index contributed by atoms with van der Waals surface area (Å²) in [6.45, 7) is 4.40. The van der Waals surface area contributed by atoms with E-state index >= 15 is 0 Å². The molecule has 5 nitrogen and oxygen atoms in total. The molecule has 27 heavy (non-hydrogen) atoms. The maximum atomic E-state index is 12.8. The lowest BCUT2D eigenvalue weighted by Gasteiger charge is -2.16. The Kier molecular flexibility index (Phi) is 5.60. The molecule has 0 atom stereocenters. The first-order valence-corrected chi connectivity index (χ1v) is 8.97. The number of nitrogens with zero attached hydrogens (tertiary/aromatic N) is 2. The maximum absolute atomic E-state index is 12.8. The van der Waals surface area contributed by atoms with Gasteiger partial charge in [-0.15, -0.1) is 0 Å². The van der Waals surface area contributed by atoms with Crippen LogP contribution in [0.5, 0.6) is 11.5 Å². The summed E-state index contributed by atoms with van der Waals surface area (Å²) in [6.07, 6.45) is 0.769. The van der Waals surface area contributed by atoms with E-state index in [1.165, 1.54) is 4.68 Å². The normalized spacial score (nSPS) is 10.7. The monoisotopic (exact) mass is 364 g/mol. The van der Waals surface area contributed by atoms with E-state index in [-0.39, 0.29) is 5.56 Å². The average Bonchev–Trinajstić information content (AvgIpc) is 2.69. The predicted octanol–water partition coefficient (Wildman–Crippen LogP) is 3.91. The number of aryl methyl sites for hydroxylation is 3. The van der Waals surface area contributed by atoms with Crippen LogP contribution < -0.4 is 15.0 Å². The molecular formula is C22H24N2O3. The fourth-order valence-corrected chi connectivity index (χ4v) is 3.18. The SMILES string of the molecule is CCc1cc(OCc2ccccc2)ccc1-c1c(OC)c(C)nn(C)c1=O. The first-order valence-electron chi connectivity index (χ1n) is 8.97. The van der Waals surface area contributed by atoms with E-state index < -0.39 is 0 Å². The van der Waals surface area contributed by atoms with E-state index in [9.17, 15) is 4.79 Å². The predicted molar refractivity (Wildman–Crippen MR) is 106 cm³/mol. The Labute approximate surface area is 159 Å². The van der Waals surface area contributed by atoms with Gasteiger partial charge in [0.25, 0.3) is 5.56 Å². The van der Waals surface area contributed by atoms with Gasteiger partial charge >= 0.3 is 0 Å². The number of hydrogen-bond donors (Lipinski definition) is 0. The van der Waals surface area contributed by atoms with Gasteiger partial charge in [-0.1, -0.05) is 43.3 Å². The molecule has 0 spiro atoms. The van der Waals surface area contributed by atoms with Crippen molar-refractivity contribution in [3.05, 3.63) is 75.7 Å². The molecular weight excluding hydrogens is 340 g/mol. The summed E-state index contributed by atoms with van der Waals surface area (Å²) in [5, 5.41) is 4.22. The largest absolute Gasteiger partial charge is 0.494 e. The Morgan fingerprint density at radius 2 is 1.85 bits per heavy atom. The minimum atomic E-state index is -0.176. The summed E-state index contributed by atoms with van der Waals surface area (Å²) in [7, 11) is 3.22. The average molecular weight is 364 g/mol. The van der Waals surface area contributed by atoms with E-state index in [4.69, 9.17) is 9.47 Å². The van der Waals surface area contributed by atoms with E-state index in [1.807, 2.05) is 55.5 Å². The Hall–Kier alpha value is -3.08. The van der Waals surface area contributed by atoms with Crippen molar-refractivity contribution >= 4 is 0 Å². The highest BCUT2D eigenvalue weighted by Gasteiger charge is 2.19. The van der Waals surface area contributed by atoms with Crippen molar-refractivity contribution in [2.45, 2.75) is 26.9 Å². The highest BCUT2D eigenvalue weighted by atomic mass is 16.5. The van der Waals surface area contributed by atoms with Crippen LogP contribution in [0.3, 0.4) is 0 Å². The van der Waals surface area contributed by atoms with Crippen molar-refractivity contribution in [1.82, 2.24) is 9.78 Å². The second-order valence-corrected chi connectivity index (χ2v) is 6.37. The van der Waals surface area contributed by atoms with Gasteiger partial charge in [0.05, 0.1) is 12.7 Å². The third-order valence-corrected chi connectivity index (χ3v) is 4.54. The van der Waals surface area contributed by atoms with Crippen LogP contribution in [-0.4, -0.2) is 16.9 Å². The van der Waals surface area contributed by atoms with Crippen LogP contribution in [0, 0.1) is 6.92 Å². The van der Waals surface area contributed by atoms with Crippen LogP contribution in [0.25, 0.3) is 11.1 Å². The molecule has 1 aromatic heterocycles. The molecule has 0 fully saturated rings. The summed E-state index contributed by atoms with van der Waals surface area (Å²) in [4.78, 5) is 12.8. The van der Waals surface area contributed by atoms with Gasteiger partial charge in [-0.2, -0.15) is 5.10 Å². The van der Waals surface area contributed by atoms with Crippen LogP contribution in [0.4, 0.5) is 0 Å².